The number of rotatable bonds is 6. The Morgan fingerprint density at radius 1 is 1.25 bits per heavy atom. The SMILES string of the molecule is CC1CCN(C(CNC(=O)Cn2c(=O)[nH]c3ccccc32)c2cccs2)CC1. The molecule has 1 atom stereocenters. The predicted octanol–water partition coefficient (Wildman–Crippen LogP) is 2.98. The van der Waals surface area contributed by atoms with Gasteiger partial charge in [-0.1, -0.05) is 25.1 Å². The number of imidazole rings is 1. The summed E-state index contributed by atoms with van der Waals surface area (Å²) in [6, 6.07) is 11.8. The van der Waals surface area contributed by atoms with Gasteiger partial charge in [-0.2, -0.15) is 0 Å². The molecule has 0 bridgehead atoms. The summed E-state index contributed by atoms with van der Waals surface area (Å²) in [5, 5.41) is 5.15. The number of para-hydroxylation sites is 2. The molecule has 4 rings (SSSR count). The highest BCUT2D eigenvalue weighted by Crippen LogP contribution is 2.29. The number of hydrogen-bond donors (Lipinski definition) is 2. The van der Waals surface area contributed by atoms with Gasteiger partial charge in [0.15, 0.2) is 0 Å². The molecule has 0 spiro atoms. The number of nitrogens with zero attached hydrogens (tertiary/aromatic N) is 2. The Morgan fingerprint density at radius 2 is 2.04 bits per heavy atom. The number of thiophene rings is 1. The fraction of sp³-hybridized carbons (Fsp3) is 0.429. The number of nitrogens with one attached hydrogen (secondary N) is 2. The molecule has 2 N–H and O–H groups in total. The van der Waals surface area contributed by atoms with E-state index in [4.69, 9.17) is 0 Å². The van der Waals surface area contributed by atoms with Crippen LogP contribution in [0.15, 0.2) is 46.6 Å². The minimum atomic E-state index is -0.254. The lowest BCUT2D eigenvalue weighted by Crippen LogP contribution is -2.42. The Hall–Kier alpha value is -2.38. The van der Waals surface area contributed by atoms with E-state index in [1.54, 1.807) is 11.3 Å². The van der Waals surface area contributed by atoms with Crippen LogP contribution in [0.1, 0.15) is 30.7 Å². The highest BCUT2D eigenvalue weighted by atomic mass is 32.1. The summed E-state index contributed by atoms with van der Waals surface area (Å²) >= 11 is 1.73. The quantitative estimate of drug-likeness (QED) is 0.671. The van der Waals surface area contributed by atoms with E-state index in [9.17, 15) is 9.59 Å². The average Bonchev–Trinajstić information content (AvgIpc) is 3.32. The molecule has 1 aromatic carbocycles. The molecule has 1 aliphatic rings. The molecular formula is C21H26N4O2S. The normalized spacial score (nSPS) is 17.0. The molecule has 1 unspecified atom stereocenters. The Morgan fingerprint density at radius 3 is 2.79 bits per heavy atom. The van der Waals surface area contributed by atoms with E-state index in [2.05, 4.69) is 39.6 Å². The third-order valence-electron chi connectivity index (χ3n) is 5.61. The van der Waals surface area contributed by atoms with Gasteiger partial charge < -0.3 is 10.3 Å². The Bertz CT molecular complexity index is 983. The number of piperidine rings is 1. The van der Waals surface area contributed by atoms with Gasteiger partial charge >= 0.3 is 5.69 Å². The van der Waals surface area contributed by atoms with Gasteiger partial charge in [0.05, 0.1) is 17.1 Å². The highest BCUT2D eigenvalue weighted by Gasteiger charge is 2.25. The number of aromatic nitrogens is 2. The zero-order valence-corrected chi connectivity index (χ0v) is 16.9. The van der Waals surface area contributed by atoms with E-state index >= 15 is 0 Å². The smallest absolute Gasteiger partial charge is 0.326 e. The van der Waals surface area contributed by atoms with Crippen molar-refractivity contribution in [3.05, 3.63) is 57.1 Å². The van der Waals surface area contributed by atoms with Crippen molar-refractivity contribution in [3.63, 3.8) is 0 Å². The van der Waals surface area contributed by atoms with Crippen molar-refractivity contribution in [1.82, 2.24) is 19.8 Å². The number of H-pyrrole nitrogens is 1. The van der Waals surface area contributed by atoms with Crippen LogP contribution in [0.4, 0.5) is 0 Å². The van der Waals surface area contributed by atoms with Gasteiger partial charge in [0.25, 0.3) is 0 Å². The maximum absolute atomic E-state index is 12.6. The summed E-state index contributed by atoms with van der Waals surface area (Å²) < 4.78 is 1.49. The van der Waals surface area contributed by atoms with Crippen LogP contribution in [0.3, 0.4) is 0 Å². The second kappa shape index (κ2) is 8.32. The number of hydrogen-bond acceptors (Lipinski definition) is 4. The van der Waals surface area contributed by atoms with E-state index < -0.39 is 0 Å². The van der Waals surface area contributed by atoms with Crippen molar-refractivity contribution in [2.75, 3.05) is 19.6 Å². The van der Waals surface area contributed by atoms with Crippen LogP contribution in [-0.2, 0) is 11.3 Å². The zero-order chi connectivity index (χ0) is 19.5. The third-order valence-corrected chi connectivity index (χ3v) is 6.58. The Labute approximate surface area is 168 Å². The van der Waals surface area contributed by atoms with Crippen LogP contribution in [0.25, 0.3) is 11.0 Å². The summed E-state index contributed by atoms with van der Waals surface area (Å²) in [6.07, 6.45) is 2.39. The molecule has 28 heavy (non-hydrogen) atoms. The first-order valence-corrected chi connectivity index (χ1v) is 10.7. The molecule has 2 aromatic heterocycles. The first kappa shape index (κ1) is 19.0. The number of carbonyl (C=O) groups is 1. The standard InChI is InChI=1S/C21H26N4O2S/c1-15-8-10-24(11-9-15)18(19-7-4-12-28-19)13-22-20(26)14-25-17-6-3-2-5-16(17)23-21(25)27/h2-7,12,15,18H,8-11,13-14H2,1H3,(H,22,26)(H,23,27). The fourth-order valence-electron chi connectivity index (χ4n) is 3.90. The lowest BCUT2D eigenvalue weighted by molar-refractivity contribution is -0.121. The summed E-state index contributed by atoms with van der Waals surface area (Å²) in [4.78, 5) is 31.4. The van der Waals surface area contributed by atoms with Crippen LogP contribution in [-0.4, -0.2) is 40.0 Å². The second-order valence-corrected chi connectivity index (χ2v) is 8.57. The Balaban J connectivity index is 1.44. The molecule has 0 saturated carbocycles. The largest absolute Gasteiger partial charge is 0.353 e. The van der Waals surface area contributed by atoms with E-state index in [0.29, 0.717) is 6.54 Å². The summed E-state index contributed by atoms with van der Waals surface area (Å²) in [6.45, 7) is 5.00. The maximum Gasteiger partial charge on any atom is 0.326 e. The highest BCUT2D eigenvalue weighted by molar-refractivity contribution is 7.10. The van der Waals surface area contributed by atoms with Gasteiger partial charge in [-0.25, -0.2) is 4.79 Å². The molecule has 1 amide bonds. The van der Waals surface area contributed by atoms with Gasteiger partial charge in [0.1, 0.15) is 6.54 Å². The van der Waals surface area contributed by atoms with Crippen LogP contribution in [0, 0.1) is 5.92 Å². The first-order chi connectivity index (χ1) is 13.6. The van der Waals surface area contributed by atoms with Gasteiger partial charge in [0.2, 0.25) is 5.91 Å². The average molecular weight is 399 g/mol. The molecular weight excluding hydrogens is 372 g/mol. The Kier molecular flexibility index (Phi) is 5.64. The van der Waals surface area contributed by atoms with Gasteiger partial charge in [0, 0.05) is 11.4 Å². The van der Waals surface area contributed by atoms with Crippen LogP contribution >= 0.6 is 11.3 Å². The van der Waals surface area contributed by atoms with E-state index in [1.807, 2.05) is 24.3 Å². The second-order valence-electron chi connectivity index (χ2n) is 7.59. The minimum absolute atomic E-state index is 0.0248. The van der Waals surface area contributed by atoms with Crippen LogP contribution in [0.5, 0.6) is 0 Å². The number of amides is 1. The number of aromatic amines is 1. The fourth-order valence-corrected chi connectivity index (χ4v) is 4.77. The van der Waals surface area contributed by atoms with Gasteiger partial charge in [-0.3, -0.25) is 14.3 Å². The molecule has 6 nitrogen and oxygen atoms in total. The molecule has 3 aromatic rings. The molecule has 0 radical (unpaired) electrons. The van der Waals surface area contributed by atoms with E-state index in [-0.39, 0.29) is 24.2 Å². The number of likely N-dealkylation sites (tertiary alicyclic amines) is 1. The van der Waals surface area contributed by atoms with Crippen molar-refractivity contribution in [3.8, 4) is 0 Å². The van der Waals surface area contributed by atoms with Crippen molar-refractivity contribution in [1.29, 1.82) is 0 Å². The molecule has 1 aliphatic heterocycles. The van der Waals surface area contributed by atoms with Crippen molar-refractivity contribution >= 4 is 28.3 Å². The molecule has 148 valence electrons. The molecule has 0 aliphatic carbocycles. The van der Waals surface area contributed by atoms with Gasteiger partial charge in [-0.15, -0.1) is 11.3 Å². The number of carbonyl (C=O) groups excluding carboxylic acids is 1. The summed E-state index contributed by atoms with van der Waals surface area (Å²) in [5.41, 5.74) is 1.25. The van der Waals surface area contributed by atoms with Gasteiger partial charge in [-0.05, 0) is 55.4 Å². The van der Waals surface area contributed by atoms with Crippen molar-refractivity contribution in [2.45, 2.75) is 32.4 Å². The third kappa shape index (κ3) is 4.05. The van der Waals surface area contributed by atoms with Crippen LogP contribution < -0.4 is 11.0 Å². The molecule has 1 saturated heterocycles. The molecule has 3 heterocycles. The number of fused-ring (bicyclic) bond motifs is 1. The summed E-state index contributed by atoms with van der Waals surface area (Å²) in [7, 11) is 0. The lowest BCUT2D eigenvalue weighted by Gasteiger charge is -2.36. The zero-order valence-electron chi connectivity index (χ0n) is 16.1. The summed E-state index contributed by atoms with van der Waals surface area (Å²) in [5.74, 6) is 0.627. The van der Waals surface area contributed by atoms with E-state index in [0.717, 1.165) is 30.0 Å². The van der Waals surface area contributed by atoms with E-state index in [1.165, 1.54) is 22.3 Å². The topological polar surface area (TPSA) is 70.1 Å². The lowest BCUT2D eigenvalue weighted by atomic mass is 9.97. The first-order valence-electron chi connectivity index (χ1n) is 9.83. The molecule has 1 fully saturated rings. The van der Waals surface area contributed by atoms with Crippen molar-refractivity contribution < 1.29 is 4.79 Å². The maximum atomic E-state index is 12.6. The molecule has 7 heteroatoms. The number of benzene rings is 1. The minimum Gasteiger partial charge on any atom is -0.353 e. The predicted molar refractivity (Wildman–Crippen MR) is 113 cm³/mol. The van der Waals surface area contributed by atoms with Crippen LogP contribution in [0.2, 0.25) is 0 Å². The van der Waals surface area contributed by atoms with Crippen molar-refractivity contribution in [2.24, 2.45) is 5.92 Å². The monoisotopic (exact) mass is 398 g/mol.